The van der Waals surface area contributed by atoms with Gasteiger partial charge in [0.15, 0.2) is 0 Å². The Hall–Kier alpha value is -2.83. The molecule has 0 spiro atoms. The largest absolute Gasteiger partial charge is 0.497 e. The summed E-state index contributed by atoms with van der Waals surface area (Å²) in [7, 11) is 1.67. The normalized spacial score (nSPS) is 18.1. The van der Waals surface area contributed by atoms with Gasteiger partial charge in [-0.3, -0.25) is 4.79 Å². The van der Waals surface area contributed by atoms with Crippen molar-refractivity contribution in [3.63, 3.8) is 0 Å². The number of anilines is 2. The summed E-state index contributed by atoms with van der Waals surface area (Å²) in [5, 5.41) is 0. The highest BCUT2D eigenvalue weighted by Crippen LogP contribution is 2.22. The third-order valence-electron chi connectivity index (χ3n) is 5.97. The minimum atomic E-state index is -0.0364. The molecule has 0 radical (unpaired) electrons. The van der Waals surface area contributed by atoms with Crippen LogP contribution in [-0.2, 0) is 0 Å². The molecule has 0 saturated carbocycles. The first kappa shape index (κ1) is 19.5. The maximum Gasteiger partial charge on any atom is 0.274 e. The third kappa shape index (κ3) is 4.44. The highest BCUT2D eigenvalue weighted by molar-refractivity contribution is 5.92. The Bertz CT molecular complexity index is 808. The lowest BCUT2D eigenvalue weighted by atomic mass is 9.99. The van der Waals surface area contributed by atoms with Gasteiger partial charge in [0.2, 0.25) is 0 Å². The van der Waals surface area contributed by atoms with E-state index in [1.165, 1.54) is 12.8 Å². The maximum absolute atomic E-state index is 12.8. The van der Waals surface area contributed by atoms with E-state index in [1.54, 1.807) is 19.5 Å². The number of hydrogen-bond acceptors (Lipinski definition) is 6. The smallest absolute Gasteiger partial charge is 0.274 e. The molecule has 0 bridgehead atoms. The van der Waals surface area contributed by atoms with Gasteiger partial charge in [-0.25, -0.2) is 9.97 Å². The van der Waals surface area contributed by atoms with E-state index in [2.05, 4.69) is 38.8 Å². The lowest BCUT2D eigenvalue weighted by Crippen LogP contribution is -2.49. The molecule has 1 amide bonds. The number of nitrogens with zero attached hydrogens (tertiary/aromatic N) is 5. The van der Waals surface area contributed by atoms with Gasteiger partial charge in [-0.15, -0.1) is 0 Å². The van der Waals surface area contributed by atoms with Crippen LogP contribution in [0.5, 0.6) is 5.75 Å². The Morgan fingerprint density at radius 2 is 1.62 bits per heavy atom. The zero-order valence-corrected chi connectivity index (χ0v) is 17.3. The van der Waals surface area contributed by atoms with E-state index < -0.39 is 0 Å². The van der Waals surface area contributed by atoms with Gasteiger partial charge in [0.05, 0.1) is 19.5 Å². The minimum Gasteiger partial charge on any atom is -0.497 e. The Kier molecular flexibility index (Phi) is 5.83. The Morgan fingerprint density at radius 1 is 0.931 bits per heavy atom. The standard InChI is InChI=1S/C22H29N5O2/c1-17-7-9-26(10-8-17)21-16-23-20(15-24-21)22(28)27-13-11-25(12-14-27)18-3-5-19(29-2)6-4-18/h3-6,15-17H,7-14H2,1-2H3. The summed E-state index contributed by atoms with van der Waals surface area (Å²) in [4.78, 5) is 28.2. The number of carbonyl (C=O) groups excluding carboxylic acids is 1. The molecule has 2 saturated heterocycles. The summed E-state index contributed by atoms with van der Waals surface area (Å²) < 4.78 is 5.22. The monoisotopic (exact) mass is 395 g/mol. The second-order valence-electron chi connectivity index (χ2n) is 7.91. The molecule has 154 valence electrons. The number of amides is 1. The van der Waals surface area contributed by atoms with Crippen LogP contribution < -0.4 is 14.5 Å². The van der Waals surface area contributed by atoms with Gasteiger partial charge in [-0.05, 0) is 43.0 Å². The van der Waals surface area contributed by atoms with Crippen LogP contribution in [0.2, 0.25) is 0 Å². The molecule has 3 heterocycles. The molecule has 2 aliphatic rings. The van der Waals surface area contributed by atoms with Gasteiger partial charge >= 0.3 is 0 Å². The van der Waals surface area contributed by atoms with Crippen LogP contribution >= 0.6 is 0 Å². The molecule has 1 aromatic carbocycles. The number of aromatic nitrogens is 2. The van der Waals surface area contributed by atoms with Gasteiger partial charge < -0.3 is 19.4 Å². The summed E-state index contributed by atoms with van der Waals surface area (Å²) in [5.41, 5.74) is 1.58. The molecular formula is C22H29N5O2. The molecule has 2 aliphatic heterocycles. The molecule has 0 N–H and O–H groups in total. The van der Waals surface area contributed by atoms with Crippen molar-refractivity contribution in [2.24, 2.45) is 5.92 Å². The van der Waals surface area contributed by atoms with Crippen molar-refractivity contribution in [3.05, 3.63) is 42.4 Å². The fraction of sp³-hybridized carbons (Fsp3) is 0.500. The minimum absolute atomic E-state index is 0.0364. The van der Waals surface area contributed by atoms with E-state index in [4.69, 9.17) is 4.74 Å². The predicted molar refractivity (Wildman–Crippen MR) is 114 cm³/mol. The van der Waals surface area contributed by atoms with Crippen LogP contribution in [-0.4, -0.2) is 67.2 Å². The van der Waals surface area contributed by atoms with Gasteiger partial charge in [0.25, 0.3) is 5.91 Å². The van der Waals surface area contributed by atoms with Gasteiger partial charge in [-0.1, -0.05) is 6.92 Å². The van der Waals surface area contributed by atoms with Crippen LogP contribution in [0, 0.1) is 5.92 Å². The zero-order chi connectivity index (χ0) is 20.2. The van der Waals surface area contributed by atoms with Crippen LogP contribution in [0.3, 0.4) is 0 Å². The summed E-state index contributed by atoms with van der Waals surface area (Å²) in [6.07, 6.45) is 5.74. The number of benzene rings is 1. The first-order valence-electron chi connectivity index (χ1n) is 10.4. The lowest BCUT2D eigenvalue weighted by molar-refractivity contribution is 0.0740. The molecule has 0 atom stereocenters. The van der Waals surface area contributed by atoms with E-state index in [0.29, 0.717) is 18.8 Å². The highest BCUT2D eigenvalue weighted by Gasteiger charge is 2.24. The summed E-state index contributed by atoms with van der Waals surface area (Å²) in [6, 6.07) is 8.05. The zero-order valence-electron chi connectivity index (χ0n) is 17.3. The third-order valence-corrected chi connectivity index (χ3v) is 5.97. The number of ether oxygens (including phenoxy) is 1. The summed E-state index contributed by atoms with van der Waals surface area (Å²) in [5.74, 6) is 2.46. The van der Waals surface area contributed by atoms with Gasteiger partial charge in [0, 0.05) is 45.0 Å². The molecule has 7 heteroatoms. The number of rotatable bonds is 4. The fourth-order valence-electron chi connectivity index (χ4n) is 3.96. The number of hydrogen-bond donors (Lipinski definition) is 0. The summed E-state index contributed by atoms with van der Waals surface area (Å²) >= 11 is 0. The first-order chi connectivity index (χ1) is 14.1. The first-order valence-corrected chi connectivity index (χ1v) is 10.4. The lowest BCUT2D eigenvalue weighted by Gasteiger charge is -2.36. The Morgan fingerprint density at radius 3 is 2.21 bits per heavy atom. The molecule has 2 fully saturated rings. The molecular weight excluding hydrogens is 366 g/mol. The second-order valence-corrected chi connectivity index (χ2v) is 7.91. The van der Waals surface area contributed by atoms with Crippen molar-refractivity contribution < 1.29 is 9.53 Å². The quantitative estimate of drug-likeness (QED) is 0.793. The van der Waals surface area contributed by atoms with E-state index in [-0.39, 0.29) is 5.91 Å². The van der Waals surface area contributed by atoms with Crippen molar-refractivity contribution in [1.29, 1.82) is 0 Å². The van der Waals surface area contributed by atoms with Gasteiger partial charge in [0.1, 0.15) is 17.3 Å². The topological polar surface area (TPSA) is 61.8 Å². The summed E-state index contributed by atoms with van der Waals surface area (Å²) in [6.45, 7) is 7.27. The van der Waals surface area contributed by atoms with Crippen molar-refractivity contribution in [2.45, 2.75) is 19.8 Å². The average Bonchev–Trinajstić information content (AvgIpc) is 2.79. The van der Waals surface area contributed by atoms with Crippen molar-refractivity contribution in [3.8, 4) is 5.75 Å². The molecule has 4 rings (SSSR count). The van der Waals surface area contributed by atoms with Crippen molar-refractivity contribution in [2.75, 3.05) is 56.2 Å². The second kappa shape index (κ2) is 8.68. The van der Waals surface area contributed by atoms with E-state index in [9.17, 15) is 4.79 Å². The van der Waals surface area contributed by atoms with Crippen LogP contribution in [0.15, 0.2) is 36.7 Å². The predicted octanol–water partition coefficient (Wildman–Crippen LogP) is 2.68. The van der Waals surface area contributed by atoms with Crippen LogP contribution in [0.25, 0.3) is 0 Å². The van der Waals surface area contributed by atoms with E-state index in [1.807, 2.05) is 17.0 Å². The van der Waals surface area contributed by atoms with Crippen LogP contribution in [0.1, 0.15) is 30.3 Å². The van der Waals surface area contributed by atoms with E-state index in [0.717, 1.165) is 49.4 Å². The molecule has 0 aliphatic carbocycles. The Balaban J connectivity index is 1.33. The van der Waals surface area contributed by atoms with E-state index >= 15 is 0 Å². The van der Waals surface area contributed by atoms with Crippen LogP contribution in [0.4, 0.5) is 11.5 Å². The molecule has 2 aromatic rings. The average molecular weight is 396 g/mol. The SMILES string of the molecule is COc1ccc(N2CCN(C(=O)c3cnc(N4CCC(C)CC4)cn3)CC2)cc1. The molecule has 0 unspecified atom stereocenters. The number of piperazine rings is 1. The maximum atomic E-state index is 12.8. The highest BCUT2D eigenvalue weighted by atomic mass is 16.5. The Labute approximate surface area is 172 Å². The van der Waals surface area contributed by atoms with Crippen molar-refractivity contribution >= 4 is 17.4 Å². The van der Waals surface area contributed by atoms with Crippen molar-refractivity contribution in [1.82, 2.24) is 14.9 Å². The fourth-order valence-corrected chi connectivity index (χ4v) is 3.96. The number of carbonyl (C=O) groups is 1. The number of piperidine rings is 1. The molecule has 1 aromatic heterocycles. The number of methoxy groups -OCH3 is 1. The molecule has 7 nitrogen and oxygen atoms in total. The van der Waals surface area contributed by atoms with Gasteiger partial charge in [-0.2, -0.15) is 0 Å². The molecule has 29 heavy (non-hydrogen) atoms.